The van der Waals surface area contributed by atoms with Crippen molar-refractivity contribution in [3.63, 3.8) is 0 Å². The number of carbonyl (C=O) groups excluding carboxylic acids is 1. The van der Waals surface area contributed by atoms with Crippen molar-refractivity contribution in [2.24, 2.45) is 5.92 Å². The van der Waals surface area contributed by atoms with Gasteiger partial charge in [-0.05, 0) is 39.7 Å². The van der Waals surface area contributed by atoms with Gasteiger partial charge in [0.2, 0.25) is 0 Å². The summed E-state index contributed by atoms with van der Waals surface area (Å²) in [5, 5.41) is 0. The van der Waals surface area contributed by atoms with Gasteiger partial charge in [0.15, 0.2) is 0 Å². The Hall–Kier alpha value is -0.570. The molecule has 1 atom stereocenters. The minimum absolute atomic E-state index is 0.0257. The molecular weight excluding hydrogens is 202 g/mol. The number of esters is 1. The molecule has 0 bridgehead atoms. The highest BCUT2D eigenvalue weighted by Gasteiger charge is 2.48. The van der Waals surface area contributed by atoms with Crippen molar-refractivity contribution in [2.75, 3.05) is 13.7 Å². The standard InChI is InChI=1S/C13H23NO2/c1-13(2)11(12(15)16-3)8-9-14(13)10-6-4-5-7-10/h10-11H,4-9H2,1-3H3. The van der Waals surface area contributed by atoms with Crippen LogP contribution in [0.3, 0.4) is 0 Å². The van der Waals surface area contributed by atoms with Gasteiger partial charge < -0.3 is 4.74 Å². The Morgan fingerprint density at radius 3 is 2.44 bits per heavy atom. The summed E-state index contributed by atoms with van der Waals surface area (Å²) in [7, 11) is 1.50. The lowest BCUT2D eigenvalue weighted by Crippen LogP contribution is -2.49. The number of likely N-dealkylation sites (tertiary alicyclic amines) is 1. The molecule has 0 aromatic carbocycles. The van der Waals surface area contributed by atoms with Gasteiger partial charge in [-0.25, -0.2) is 0 Å². The molecule has 2 fully saturated rings. The van der Waals surface area contributed by atoms with Gasteiger partial charge in [-0.2, -0.15) is 0 Å². The van der Waals surface area contributed by atoms with Gasteiger partial charge in [-0.15, -0.1) is 0 Å². The van der Waals surface area contributed by atoms with E-state index in [1.54, 1.807) is 0 Å². The lowest BCUT2D eigenvalue weighted by atomic mass is 9.87. The average Bonchev–Trinajstić information content (AvgIpc) is 2.83. The third kappa shape index (κ3) is 1.86. The van der Waals surface area contributed by atoms with E-state index in [0.717, 1.165) is 13.0 Å². The van der Waals surface area contributed by atoms with E-state index in [-0.39, 0.29) is 17.4 Å². The maximum Gasteiger partial charge on any atom is 0.310 e. The molecule has 1 unspecified atom stereocenters. The summed E-state index contributed by atoms with van der Waals surface area (Å²) in [5.41, 5.74) is -0.0257. The molecule has 0 amide bonds. The molecule has 1 saturated carbocycles. The summed E-state index contributed by atoms with van der Waals surface area (Å²) in [4.78, 5) is 14.3. The molecule has 0 N–H and O–H groups in total. The second-order valence-electron chi connectivity index (χ2n) is 5.65. The SMILES string of the molecule is COC(=O)C1CCN(C2CCCC2)C1(C)C. The second kappa shape index (κ2) is 4.36. The molecule has 92 valence electrons. The number of ether oxygens (including phenoxy) is 1. The summed E-state index contributed by atoms with van der Waals surface area (Å²) >= 11 is 0. The van der Waals surface area contributed by atoms with Crippen molar-refractivity contribution in [2.45, 2.75) is 57.5 Å². The van der Waals surface area contributed by atoms with Crippen LogP contribution in [0.2, 0.25) is 0 Å². The van der Waals surface area contributed by atoms with Gasteiger partial charge >= 0.3 is 5.97 Å². The van der Waals surface area contributed by atoms with Crippen molar-refractivity contribution in [1.29, 1.82) is 0 Å². The van der Waals surface area contributed by atoms with Gasteiger partial charge in [-0.3, -0.25) is 9.69 Å². The topological polar surface area (TPSA) is 29.5 Å². The van der Waals surface area contributed by atoms with E-state index in [1.807, 2.05) is 0 Å². The summed E-state index contributed by atoms with van der Waals surface area (Å²) in [6, 6.07) is 0.699. The van der Waals surface area contributed by atoms with E-state index in [1.165, 1.54) is 32.8 Å². The van der Waals surface area contributed by atoms with Gasteiger partial charge in [0.25, 0.3) is 0 Å². The van der Waals surface area contributed by atoms with Crippen LogP contribution >= 0.6 is 0 Å². The number of methoxy groups -OCH3 is 1. The fraction of sp³-hybridized carbons (Fsp3) is 0.923. The van der Waals surface area contributed by atoms with Crippen molar-refractivity contribution in [3.05, 3.63) is 0 Å². The third-order valence-electron chi connectivity index (χ3n) is 4.50. The molecule has 3 heteroatoms. The number of hydrogen-bond donors (Lipinski definition) is 0. The summed E-state index contributed by atoms with van der Waals surface area (Å²) < 4.78 is 4.92. The lowest BCUT2D eigenvalue weighted by molar-refractivity contribution is -0.148. The van der Waals surface area contributed by atoms with Crippen LogP contribution in [0.15, 0.2) is 0 Å². The second-order valence-corrected chi connectivity index (χ2v) is 5.65. The lowest BCUT2D eigenvalue weighted by Gasteiger charge is -2.39. The number of nitrogens with zero attached hydrogens (tertiary/aromatic N) is 1. The fourth-order valence-corrected chi connectivity index (χ4v) is 3.53. The van der Waals surface area contributed by atoms with Crippen molar-refractivity contribution in [1.82, 2.24) is 4.90 Å². The van der Waals surface area contributed by atoms with Crippen LogP contribution in [-0.4, -0.2) is 36.1 Å². The largest absolute Gasteiger partial charge is 0.469 e. The Bertz CT molecular complexity index is 269. The van der Waals surface area contributed by atoms with E-state index < -0.39 is 0 Å². The van der Waals surface area contributed by atoms with Crippen LogP contribution in [0.4, 0.5) is 0 Å². The Labute approximate surface area is 98.1 Å². The van der Waals surface area contributed by atoms with Gasteiger partial charge in [0.1, 0.15) is 0 Å². The molecule has 0 spiro atoms. The summed E-state index contributed by atoms with van der Waals surface area (Å²) in [6.07, 6.45) is 6.26. The van der Waals surface area contributed by atoms with Gasteiger partial charge in [0, 0.05) is 11.6 Å². The minimum Gasteiger partial charge on any atom is -0.469 e. The zero-order valence-corrected chi connectivity index (χ0v) is 10.7. The molecule has 2 rings (SSSR count). The molecule has 16 heavy (non-hydrogen) atoms. The zero-order valence-electron chi connectivity index (χ0n) is 10.7. The first-order valence-corrected chi connectivity index (χ1v) is 6.42. The smallest absolute Gasteiger partial charge is 0.310 e. The first-order valence-electron chi connectivity index (χ1n) is 6.42. The van der Waals surface area contributed by atoms with Crippen LogP contribution in [-0.2, 0) is 9.53 Å². The quantitative estimate of drug-likeness (QED) is 0.675. The van der Waals surface area contributed by atoms with Crippen LogP contribution in [0.25, 0.3) is 0 Å². The maximum absolute atomic E-state index is 11.7. The number of rotatable bonds is 2. The summed E-state index contributed by atoms with van der Waals surface area (Å²) in [5.74, 6) is 0.0172. The Morgan fingerprint density at radius 1 is 1.25 bits per heavy atom. The Balaban J connectivity index is 2.09. The van der Waals surface area contributed by atoms with E-state index in [2.05, 4.69) is 18.7 Å². The summed E-state index contributed by atoms with van der Waals surface area (Å²) in [6.45, 7) is 5.44. The van der Waals surface area contributed by atoms with Crippen molar-refractivity contribution < 1.29 is 9.53 Å². The first kappa shape index (κ1) is 11.9. The van der Waals surface area contributed by atoms with Gasteiger partial charge in [-0.1, -0.05) is 12.8 Å². The van der Waals surface area contributed by atoms with Gasteiger partial charge in [0.05, 0.1) is 13.0 Å². The molecular formula is C13H23NO2. The zero-order chi connectivity index (χ0) is 11.8. The van der Waals surface area contributed by atoms with Crippen molar-refractivity contribution >= 4 is 5.97 Å². The molecule has 0 aromatic rings. The molecule has 2 aliphatic rings. The molecule has 1 aliphatic carbocycles. The van der Waals surface area contributed by atoms with E-state index in [4.69, 9.17) is 4.74 Å². The predicted molar refractivity (Wildman–Crippen MR) is 63.2 cm³/mol. The highest BCUT2D eigenvalue weighted by molar-refractivity contribution is 5.74. The molecule has 0 aromatic heterocycles. The number of hydrogen-bond acceptors (Lipinski definition) is 3. The third-order valence-corrected chi connectivity index (χ3v) is 4.50. The highest BCUT2D eigenvalue weighted by atomic mass is 16.5. The molecule has 1 heterocycles. The molecule has 3 nitrogen and oxygen atoms in total. The minimum atomic E-state index is -0.0366. The predicted octanol–water partition coefficient (Wildman–Crippen LogP) is 2.20. The van der Waals surface area contributed by atoms with E-state index in [9.17, 15) is 4.79 Å². The van der Waals surface area contributed by atoms with E-state index in [0.29, 0.717) is 6.04 Å². The van der Waals surface area contributed by atoms with E-state index >= 15 is 0 Å². The monoisotopic (exact) mass is 225 g/mol. The van der Waals surface area contributed by atoms with Crippen LogP contribution < -0.4 is 0 Å². The fourth-order valence-electron chi connectivity index (χ4n) is 3.53. The van der Waals surface area contributed by atoms with Crippen LogP contribution in [0, 0.1) is 5.92 Å². The van der Waals surface area contributed by atoms with Crippen LogP contribution in [0.1, 0.15) is 46.0 Å². The average molecular weight is 225 g/mol. The molecule has 0 radical (unpaired) electrons. The normalized spacial score (nSPS) is 30.8. The number of carbonyl (C=O) groups is 1. The molecule has 1 aliphatic heterocycles. The maximum atomic E-state index is 11.7. The highest BCUT2D eigenvalue weighted by Crippen LogP contribution is 2.40. The Kier molecular flexibility index (Phi) is 3.24. The van der Waals surface area contributed by atoms with Crippen molar-refractivity contribution in [3.8, 4) is 0 Å². The Morgan fingerprint density at radius 2 is 1.88 bits per heavy atom. The first-order chi connectivity index (χ1) is 7.57. The molecule has 1 saturated heterocycles. The van der Waals surface area contributed by atoms with Crippen LogP contribution in [0.5, 0.6) is 0 Å².